The van der Waals surface area contributed by atoms with Crippen LogP contribution in [-0.4, -0.2) is 23.9 Å². The van der Waals surface area contributed by atoms with Gasteiger partial charge in [0.05, 0.1) is 28.8 Å². The largest absolute Gasteiger partial charge is 0.507 e. The summed E-state index contributed by atoms with van der Waals surface area (Å²) < 4.78 is 5.33. The molecular formula is C25H18Cl3NO4. The van der Waals surface area contributed by atoms with E-state index in [9.17, 15) is 14.7 Å². The summed E-state index contributed by atoms with van der Waals surface area (Å²) in [6, 6.07) is 15.6. The second-order valence-corrected chi connectivity index (χ2v) is 8.73. The van der Waals surface area contributed by atoms with Crippen molar-refractivity contribution in [1.29, 1.82) is 0 Å². The van der Waals surface area contributed by atoms with Crippen LogP contribution in [0.15, 0.2) is 66.2 Å². The zero-order valence-corrected chi connectivity index (χ0v) is 19.9. The minimum absolute atomic E-state index is 0.0802. The molecule has 1 saturated heterocycles. The van der Waals surface area contributed by atoms with E-state index in [2.05, 4.69) is 0 Å². The Morgan fingerprint density at radius 3 is 2.36 bits per heavy atom. The highest BCUT2D eigenvalue weighted by Gasteiger charge is 2.47. The van der Waals surface area contributed by atoms with Crippen molar-refractivity contribution in [1.82, 2.24) is 0 Å². The van der Waals surface area contributed by atoms with Gasteiger partial charge in [0.2, 0.25) is 0 Å². The number of aryl methyl sites for hydroxylation is 1. The van der Waals surface area contributed by atoms with Gasteiger partial charge in [-0.1, -0.05) is 53.0 Å². The van der Waals surface area contributed by atoms with Gasteiger partial charge in [-0.15, -0.1) is 0 Å². The third kappa shape index (κ3) is 4.20. The molecule has 8 heteroatoms. The summed E-state index contributed by atoms with van der Waals surface area (Å²) in [4.78, 5) is 27.8. The van der Waals surface area contributed by atoms with E-state index >= 15 is 0 Å². The normalized spacial score (nSPS) is 17.5. The van der Waals surface area contributed by atoms with E-state index in [0.717, 1.165) is 5.56 Å². The highest BCUT2D eigenvalue weighted by molar-refractivity contribution is 6.52. The van der Waals surface area contributed by atoms with Gasteiger partial charge < -0.3 is 9.84 Å². The molecule has 1 aliphatic rings. The van der Waals surface area contributed by atoms with Crippen molar-refractivity contribution in [2.75, 3.05) is 12.0 Å². The van der Waals surface area contributed by atoms with Crippen LogP contribution < -0.4 is 9.64 Å². The average molecular weight is 503 g/mol. The van der Waals surface area contributed by atoms with Crippen LogP contribution in [-0.2, 0) is 9.59 Å². The van der Waals surface area contributed by atoms with Crippen LogP contribution in [0.5, 0.6) is 5.75 Å². The molecule has 1 heterocycles. The zero-order valence-electron chi connectivity index (χ0n) is 17.6. The number of nitrogens with zero attached hydrogens (tertiary/aromatic N) is 1. The maximum atomic E-state index is 13.2. The Labute approximate surface area is 205 Å². The molecule has 1 atom stereocenters. The van der Waals surface area contributed by atoms with E-state index < -0.39 is 17.7 Å². The summed E-state index contributed by atoms with van der Waals surface area (Å²) in [5.41, 5.74) is 2.01. The summed E-state index contributed by atoms with van der Waals surface area (Å²) in [5.74, 6) is -1.44. The number of aliphatic hydroxyl groups excluding tert-OH is 1. The first kappa shape index (κ1) is 23.2. The lowest BCUT2D eigenvalue weighted by atomic mass is 9.95. The lowest BCUT2D eigenvalue weighted by Crippen LogP contribution is -2.29. The molecule has 33 heavy (non-hydrogen) atoms. The molecule has 4 rings (SSSR count). The Bertz CT molecular complexity index is 1320. The maximum absolute atomic E-state index is 13.2. The summed E-state index contributed by atoms with van der Waals surface area (Å²) in [7, 11) is 1.52. The van der Waals surface area contributed by atoms with Gasteiger partial charge in [0.25, 0.3) is 11.7 Å². The van der Waals surface area contributed by atoms with Crippen molar-refractivity contribution in [3.8, 4) is 5.75 Å². The van der Waals surface area contributed by atoms with Crippen LogP contribution in [0.1, 0.15) is 22.7 Å². The van der Waals surface area contributed by atoms with Gasteiger partial charge in [0.1, 0.15) is 11.5 Å². The number of hydrogen-bond donors (Lipinski definition) is 1. The fourth-order valence-corrected chi connectivity index (χ4v) is 4.23. The molecule has 1 aliphatic heterocycles. The number of hydrogen-bond acceptors (Lipinski definition) is 4. The molecule has 1 unspecified atom stereocenters. The van der Waals surface area contributed by atoms with E-state index in [4.69, 9.17) is 39.5 Å². The van der Waals surface area contributed by atoms with E-state index in [1.807, 2.05) is 6.92 Å². The van der Waals surface area contributed by atoms with Crippen LogP contribution in [0.3, 0.4) is 0 Å². The minimum Gasteiger partial charge on any atom is -0.507 e. The fraction of sp³-hybridized carbons (Fsp3) is 0.120. The molecule has 0 saturated carbocycles. The van der Waals surface area contributed by atoms with Gasteiger partial charge in [-0.3, -0.25) is 14.5 Å². The Kier molecular flexibility index (Phi) is 6.39. The number of anilines is 1. The van der Waals surface area contributed by atoms with E-state index in [1.165, 1.54) is 30.2 Å². The quantitative estimate of drug-likeness (QED) is 0.248. The third-order valence-electron chi connectivity index (χ3n) is 5.48. The summed E-state index contributed by atoms with van der Waals surface area (Å²) in [5, 5.41) is 12.1. The predicted octanol–water partition coefficient (Wildman–Crippen LogP) is 6.59. The lowest BCUT2D eigenvalue weighted by molar-refractivity contribution is -0.132. The number of halogens is 3. The molecule has 3 aromatic rings. The molecule has 1 amide bonds. The highest BCUT2D eigenvalue weighted by atomic mass is 35.5. The number of benzene rings is 3. The van der Waals surface area contributed by atoms with Gasteiger partial charge >= 0.3 is 0 Å². The van der Waals surface area contributed by atoms with Gasteiger partial charge in [0, 0.05) is 16.3 Å². The van der Waals surface area contributed by atoms with Crippen molar-refractivity contribution in [2.45, 2.75) is 13.0 Å². The zero-order chi connectivity index (χ0) is 23.9. The number of aliphatic hydroxyl groups is 1. The second-order valence-electron chi connectivity index (χ2n) is 7.51. The standard InChI is InChI=1S/C25H18Cl3NO4/c1-13-6-8-16(12-19(13)27)29-22(14-4-3-5-17(10-14)33-2)21(24(31)25(29)32)23(30)15-7-9-18(26)20(28)11-15/h3-12,22,30H,1-2H3/b23-21+. The summed E-state index contributed by atoms with van der Waals surface area (Å²) in [6.45, 7) is 1.84. The lowest BCUT2D eigenvalue weighted by Gasteiger charge is -2.26. The average Bonchev–Trinajstić information content (AvgIpc) is 3.07. The first-order valence-corrected chi connectivity index (χ1v) is 11.0. The van der Waals surface area contributed by atoms with E-state index in [-0.39, 0.29) is 21.9 Å². The number of ether oxygens (including phenoxy) is 1. The Morgan fingerprint density at radius 1 is 0.939 bits per heavy atom. The number of carbonyl (C=O) groups is 2. The predicted molar refractivity (Wildman–Crippen MR) is 130 cm³/mol. The Balaban J connectivity index is 1.97. The van der Waals surface area contributed by atoms with Crippen LogP contribution in [0.4, 0.5) is 5.69 Å². The fourth-order valence-electron chi connectivity index (χ4n) is 3.76. The smallest absolute Gasteiger partial charge is 0.300 e. The van der Waals surface area contributed by atoms with Gasteiger partial charge in [-0.25, -0.2) is 0 Å². The minimum atomic E-state index is -0.923. The molecule has 0 bridgehead atoms. The third-order valence-corrected chi connectivity index (χ3v) is 6.63. The number of Topliss-reactive ketones (excluding diaryl/α,β-unsaturated/α-hetero) is 1. The van der Waals surface area contributed by atoms with Crippen molar-refractivity contribution < 1.29 is 19.4 Å². The Hall–Kier alpha value is -2.99. The molecule has 0 aromatic heterocycles. The van der Waals surface area contributed by atoms with Crippen LogP contribution in [0.25, 0.3) is 5.76 Å². The molecule has 0 spiro atoms. The van der Waals surface area contributed by atoms with E-state index in [0.29, 0.717) is 27.0 Å². The number of amides is 1. The van der Waals surface area contributed by atoms with Gasteiger partial charge in [-0.2, -0.15) is 0 Å². The van der Waals surface area contributed by atoms with Crippen LogP contribution in [0.2, 0.25) is 15.1 Å². The highest BCUT2D eigenvalue weighted by Crippen LogP contribution is 2.43. The monoisotopic (exact) mass is 501 g/mol. The number of methoxy groups -OCH3 is 1. The maximum Gasteiger partial charge on any atom is 0.300 e. The molecule has 168 valence electrons. The Morgan fingerprint density at radius 2 is 1.70 bits per heavy atom. The van der Waals surface area contributed by atoms with Crippen molar-refractivity contribution in [3.05, 3.63) is 98.0 Å². The van der Waals surface area contributed by atoms with Crippen molar-refractivity contribution in [2.24, 2.45) is 0 Å². The van der Waals surface area contributed by atoms with Crippen LogP contribution >= 0.6 is 34.8 Å². The van der Waals surface area contributed by atoms with Gasteiger partial charge in [-0.05, 0) is 60.5 Å². The van der Waals surface area contributed by atoms with Gasteiger partial charge in [0.15, 0.2) is 0 Å². The van der Waals surface area contributed by atoms with Crippen molar-refractivity contribution in [3.63, 3.8) is 0 Å². The van der Waals surface area contributed by atoms with E-state index in [1.54, 1.807) is 42.5 Å². The number of carbonyl (C=O) groups excluding carboxylic acids is 2. The number of ketones is 1. The summed E-state index contributed by atoms with van der Waals surface area (Å²) in [6.07, 6.45) is 0. The SMILES string of the molecule is COc1cccc(C2/C(=C(\O)c3ccc(Cl)c(Cl)c3)C(=O)C(=O)N2c2ccc(C)c(Cl)c2)c1. The molecule has 5 nitrogen and oxygen atoms in total. The molecule has 1 N–H and O–H groups in total. The molecule has 3 aromatic carbocycles. The topological polar surface area (TPSA) is 66.8 Å². The number of rotatable bonds is 4. The van der Waals surface area contributed by atoms with Crippen LogP contribution in [0, 0.1) is 6.92 Å². The molecule has 0 aliphatic carbocycles. The molecule has 0 radical (unpaired) electrons. The summed E-state index contributed by atoms with van der Waals surface area (Å²) >= 11 is 18.4. The van der Waals surface area contributed by atoms with Crippen molar-refractivity contribution >= 4 is 57.9 Å². The first-order chi connectivity index (χ1) is 15.7. The molecule has 1 fully saturated rings. The molecular weight excluding hydrogens is 485 g/mol. The second kappa shape index (κ2) is 9.10. The first-order valence-electron chi connectivity index (χ1n) is 9.89.